The van der Waals surface area contributed by atoms with Crippen LogP contribution in [0.25, 0.3) is 11.4 Å². The van der Waals surface area contributed by atoms with E-state index < -0.39 is 5.97 Å². The third kappa shape index (κ3) is 4.42. The highest BCUT2D eigenvalue weighted by atomic mass is 32.2. The number of aryl methyl sites for hydroxylation is 1. The number of Topliss-reactive ketones (excluding diaryl/α,β-unsaturated/α-hetero) is 1. The first-order chi connectivity index (χ1) is 15.3. The van der Waals surface area contributed by atoms with Crippen LogP contribution in [-0.4, -0.2) is 58.2 Å². The van der Waals surface area contributed by atoms with Crippen molar-refractivity contribution < 1.29 is 23.8 Å². The number of thioether (sulfide) groups is 1. The van der Waals surface area contributed by atoms with Crippen LogP contribution in [0.4, 0.5) is 0 Å². The van der Waals surface area contributed by atoms with Crippen molar-refractivity contribution in [2.24, 2.45) is 0 Å². The number of hydrogen-bond donors (Lipinski definition) is 2. The predicted molar refractivity (Wildman–Crippen MR) is 120 cm³/mol. The number of nitrogens with two attached hydrogens (primary N) is 1. The summed E-state index contributed by atoms with van der Waals surface area (Å²) in [4.78, 5) is 27.9. The molecule has 0 aliphatic rings. The number of aromatic amines is 1. The molecule has 0 saturated carbocycles. The maximum atomic E-state index is 12.9. The Morgan fingerprint density at radius 1 is 1.16 bits per heavy atom. The van der Waals surface area contributed by atoms with E-state index in [4.69, 9.17) is 20.1 Å². The van der Waals surface area contributed by atoms with Crippen molar-refractivity contribution in [3.63, 3.8) is 0 Å². The van der Waals surface area contributed by atoms with Gasteiger partial charge in [-0.05, 0) is 44.5 Å². The van der Waals surface area contributed by atoms with Crippen LogP contribution in [0.2, 0.25) is 0 Å². The van der Waals surface area contributed by atoms with Gasteiger partial charge in [0, 0.05) is 16.8 Å². The summed E-state index contributed by atoms with van der Waals surface area (Å²) in [6, 6.07) is 5.28. The van der Waals surface area contributed by atoms with E-state index in [1.807, 2.05) is 0 Å². The first kappa shape index (κ1) is 23.2. The highest BCUT2D eigenvalue weighted by Gasteiger charge is 2.23. The molecule has 2 aromatic heterocycles. The number of carbonyl (C=O) groups excluding carboxylic acids is 2. The maximum absolute atomic E-state index is 12.9. The smallest absolute Gasteiger partial charge is 0.355 e. The number of benzene rings is 1. The molecule has 0 aliphatic heterocycles. The Hall–Kier alpha value is -3.47. The molecule has 0 saturated heterocycles. The molecule has 3 aromatic rings. The van der Waals surface area contributed by atoms with E-state index in [0.29, 0.717) is 44.9 Å². The molecule has 0 spiro atoms. The van der Waals surface area contributed by atoms with E-state index in [1.165, 1.54) is 4.68 Å². The quantitative estimate of drug-likeness (QED) is 0.214. The van der Waals surface area contributed by atoms with Gasteiger partial charge < -0.3 is 25.0 Å². The van der Waals surface area contributed by atoms with Gasteiger partial charge in [-0.25, -0.2) is 9.47 Å². The molecule has 170 valence electrons. The summed E-state index contributed by atoms with van der Waals surface area (Å²) in [6.45, 7) is 5.44. The molecular weight excluding hydrogens is 434 g/mol. The number of nitrogen functional groups attached to an aromatic ring is 1. The molecule has 0 bridgehead atoms. The van der Waals surface area contributed by atoms with Crippen LogP contribution in [0, 0.1) is 13.8 Å². The Balaban J connectivity index is 1.77. The van der Waals surface area contributed by atoms with Crippen molar-refractivity contribution in [2.45, 2.75) is 25.9 Å². The number of rotatable bonds is 9. The van der Waals surface area contributed by atoms with Gasteiger partial charge in [-0.2, -0.15) is 0 Å². The summed E-state index contributed by atoms with van der Waals surface area (Å²) in [5, 5.41) is 8.62. The second-order valence-corrected chi connectivity index (χ2v) is 7.75. The summed E-state index contributed by atoms with van der Waals surface area (Å²) < 4.78 is 16.9. The highest BCUT2D eigenvalue weighted by molar-refractivity contribution is 7.99. The van der Waals surface area contributed by atoms with Gasteiger partial charge in [-0.3, -0.25) is 4.79 Å². The average molecular weight is 460 g/mol. The van der Waals surface area contributed by atoms with Gasteiger partial charge in [0.15, 0.2) is 23.1 Å². The Labute approximate surface area is 189 Å². The van der Waals surface area contributed by atoms with Crippen LogP contribution in [0.3, 0.4) is 0 Å². The van der Waals surface area contributed by atoms with Crippen molar-refractivity contribution in [3.8, 4) is 22.9 Å². The van der Waals surface area contributed by atoms with Crippen LogP contribution in [-0.2, 0) is 4.74 Å². The molecule has 3 N–H and O–H groups in total. The van der Waals surface area contributed by atoms with Crippen LogP contribution in [0.1, 0.15) is 39.0 Å². The van der Waals surface area contributed by atoms with Gasteiger partial charge in [0.2, 0.25) is 5.16 Å². The number of methoxy groups -OCH3 is 2. The largest absolute Gasteiger partial charge is 0.493 e. The number of esters is 1. The fourth-order valence-electron chi connectivity index (χ4n) is 3.33. The first-order valence-electron chi connectivity index (χ1n) is 9.77. The molecule has 10 nitrogen and oxygen atoms in total. The summed E-state index contributed by atoms with van der Waals surface area (Å²) in [6.07, 6.45) is 0. The van der Waals surface area contributed by atoms with E-state index in [-0.39, 0.29) is 23.8 Å². The van der Waals surface area contributed by atoms with Crippen LogP contribution in [0.15, 0.2) is 23.4 Å². The molecule has 1 aromatic carbocycles. The molecule has 0 radical (unpaired) electrons. The molecule has 0 unspecified atom stereocenters. The fourth-order valence-corrected chi connectivity index (χ4v) is 4.05. The van der Waals surface area contributed by atoms with E-state index in [0.717, 1.165) is 11.8 Å². The topological polar surface area (TPSA) is 134 Å². The SMILES string of the molecule is CCOC(=O)c1[nH]c(C)c(C(=O)CSc2nnc(-c3ccc(OC)c(OC)c3)n2N)c1C. The van der Waals surface area contributed by atoms with Crippen LogP contribution < -0.4 is 15.3 Å². The third-order valence-corrected chi connectivity index (χ3v) is 5.78. The Morgan fingerprint density at radius 2 is 1.88 bits per heavy atom. The third-order valence-electron chi connectivity index (χ3n) is 4.83. The minimum atomic E-state index is -0.485. The molecule has 0 atom stereocenters. The van der Waals surface area contributed by atoms with E-state index in [2.05, 4.69) is 15.2 Å². The molecule has 11 heteroatoms. The van der Waals surface area contributed by atoms with Crippen molar-refractivity contribution >= 4 is 23.5 Å². The lowest BCUT2D eigenvalue weighted by atomic mass is 10.1. The lowest BCUT2D eigenvalue weighted by molar-refractivity contribution is 0.0519. The number of aromatic nitrogens is 4. The zero-order chi connectivity index (χ0) is 23.4. The lowest BCUT2D eigenvalue weighted by Gasteiger charge is -2.09. The fraction of sp³-hybridized carbons (Fsp3) is 0.333. The molecular formula is C21H25N5O5S. The second-order valence-electron chi connectivity index (χ2n) is 6.80. The number of ether oxygens (including phenoxy) is 3. The predicted octanol–water partition coefficient (Wildman–Crippen LogP) is 2.77. The Kier molecular flexibility index (Phi) is 7.08. The Morgan fingerprint density at radius 3 is 2.53 bits per heavy atom. The van der Waals surface area contributed by atoms with Gasteiger partial charge in [0.05, 0.1) is 26.6 Å². The lowest BCUT2D eigenvalue weighted by Crippen LogP contribution is -2.13. The summed E-state index contributed by atoms with van der Waals surface area (Å²) in [5.41, 5.74) is 2.61. The molecule has 0 fully saturated rings. The monoisotopic (exact) mass is 459 g/mol. The molecule has 0 aliphatic carbocycles. The standard InChI is InChI=1S/C21H25N5O5S/c1-6-31-20(28)18-11(2)17(12(3)23-18)14(27)10-32-21-25-24-19(26(21)22)13-7-8-15(29-4)16(9-13)30-5/h7-9,23H,6,10,22H2,1-5H3. The summed E-state index contributed by atoms with van der Waals surface area (Å²) in [7, 11) is 3.10. The first-order valence-corrected chi connectivity index (χ1v) is 10.8. The van der Waals surface area contributed by atoms with Gasteiger partial charge >= 0.3 is 5.97 Å². The van der Waals surface area contributed by atoms with E-state index in [9.17, 15) is 9.59 Å². The molecule has 2 heterocycles. The van der Waals surface area contributed by atoms with Gasteiger partial charge in [-0.15, -0.1) is 10.2 Å². The van der Waals surface area contributed by atoms with Crippen molar-refractivity contribution in [1.29, 1.82) is 0 Å². The zero-order valence-electron chi connectivity index (χ0n) is 18.5. The van der Waals surface area contributed by atoms with E-state index >= 15 is 0 Å². The van der Waals surface area contributed by atoms with Crippen molar-refractivity contribution in [3.05, 3.63) is 40.7 Å². The zero-order valence-corrected chi connectivity index (χ0v) is 19.3. The minimum absolute atomic E-state index is 0.0725. The van der Waals surface area contributed by atoms with Crippen LogP contribution >= 0.6 is 11.8 Å². The normalized spacial score (nSPS) is 10.8. The number of H-pyrrole nitrogens is 1. The molecule has 0 amide bonds. The van der Waals surface area contributed by atoms with Gasteiger partial charge in [0.1, 0.15) is 5.69 Å². The van der Waals surface area contributed by atoms with E-state index in [1.54, 1.807) is 53.2 Å². The number of nitrogens with zero attached hydrogens (tertiary/aromatic N) is 3. The average Bonchev–Trinajstić information content (AvgIpc) is 3.30. The summed E-state index contributed by atoms with van der Waals surface area (Å²) in [5.74, 6) is 7.14. The van der Waals surface area contributed by atoms with Gasteiger partial charge in [0.25, 0.3) is 0 Å². The molecule has 32 heavy (non-hydrogen) atoms. The number of hydrogen-bond acceptors (Lipinski definition) is 9. The van der Waals surface area contributed by atoms with Crippen molar-refractivity contribution in [1.82, 2.24) is 19.9 Å². The second kappa shape index (κ2) is 9.77. The van der Waals surface area contributed by atoms with Crippen molar-refractivity contribution in [2.75, 3.05) is 32.4 Å². The highest BCUT2D eigenvalue weighted by Crippen LogP contribution is 2.32. The minimum Gasteiger partial charge on any atom is -0.493 e. The maximum Gasteiger partial charge on any atom is 0.355 e. The number of ketones is 1. The van der Waals surface area contributed by atoms with Crippen LogP contribution in [0.5, 0.6) is 11.5 Å². The van der Waals surface area contributed by atoms with Gasteiger partial charge in [-0.1, -0.05) is 11.8 Å². The number of nitrogens with one attached hydrogen (secondary N) is 1. The Bertz CT molecular complexity index is 1150. The summed E-state index contributed by atoms with van der Waals surface area (Å²) >= 11 is 1.16. The number of carbonyl (C=O) groups is 2. The molecule has 3 rings (SSSR count).